The molecule has 0 bridgehead atoms. The summed E-state index contributed by atoms with van der Waals surface area (Å²) >= 11 is 10.9. The number of para-hydroxylation sites is 1. The smallest absolute Gasteiger partial charge is 0.189 e. The number of thioether (sulfide) groups is 1. The molecule has 3 aromatic rings. The molecule has 3 rings (SSSR count). The second-order valence-corrected chi connectivity index (χ2v) is 7.89. The number of amidine groups is 1. The quantitative estimate of drug-likeness (QED) is 0.355. The maximum absolute atomic E-state index is 6.13. The Bertz CT molecular complexity index is 841. The van der Waals surface area contributed by atoms with Crippen LogP contribution in [0.4, 0.5) is 16.6 Å². The average molecular weight is 381 g/mol. The number of hydrogen-bond acceptors (Lipinski definition) is 6. The van der Waals surface area contributed by atoms with E-state index in [1.54, 1.807) is 23.1 Å². The van der Waals surface area contributed by atoms with Crippen LogP contribution in [0.15, 0.2) is 51.0 Å². The number of thiazole rings is 1. The molecule has 0 aliphatic rings. The largest absolute Gasteiger partial charge is 0.382 e. The molecule has 8 heteroatoms. The standard InChI is InChI=1S/C15H13ClN4S3/c1-21-13-7-6-11(23-13)14(17)19-12-8-22-15(20-12)18-10-5-3-2-4-9(10)16/h2-8H,1H3,(H2,17,19)(H,18,20). The van der Waals surface area contributed by atoms with Crippen molar-refractivity contribution in [2.45, 2.75) is 4.21 Å². The Morgan fingerprint density at radius 2 is 2.13 bits per heavy atom. The van der Waals surface area contributed by atoms with Crippen LogP contribution in [-0.2, 0) is 0 Å². The molecule has 0 aliphatic heterocycles. The van der Waals surface area contributed by atoms with Crippen molar-refractivity contribution >= 4 is 68.5 Å². The number of nitrogens with one attached hydrogen (secondary N) is 1. The van der Waals surface area contributed by atoms with Crippen molar-refractivity contribution in [3.05, 3.63) is 51.7 Å². The van der Waals surface area contributed by atoms with Crippen molar-refractivity contribution in [1.29, 1.82) is 0 Å². The van der Waals surface area contributed by atoms with Gasteiger partial charge >= 0.3 is 0 Å². The molecule has 23 heavy (non-hydrogen) atoms. The summed E-state index contributed by atoms with van der Waals surface area (Å²) in [7, 11) is 0. The maximum Gasteiger partial charge on any atom is 0.189 e. The number of benzene rings is 1. The zero-order valence-corrected chi connectivity index (χ0v) is 15.3. The Morgan fingerprint density at radius 3 is 2.87 bits per heavy atom. The molecule has 1 aromatic carbocycles. The van der Waals surface area contributed by atoms with E-state index < -0.39 is 0 Å². The lowest BCUT2D eigenvalue weighted by atomic mass is 10.3. The van der Waals surface area contributed by atoms with Gasteiger partial charge in [0.2, 0.25) is 0 Å². The monoisotopic (exact) mass is 380 g/mol. The third kappa shape index (κ3) is 4.06. The van der Waals surface area contributed by atoms with Gasteiger partial charge in [-0.1, -0.05) is 23.7 Å². The van der Waals surface area contributed by atoms with Gasteiger partial charge in [-0.05, 0) is 30.5 Å². The fourth-order valence-corrected chi connectivity index (χ4v) is 4.06. The number of hydrogen-bond donors (Lipinski definition) is 2. The predicted octanol–water partition coefficient (Wildman–Crippen LogP) is 5.36. The van der Waals surface area contributed by atoms with E-state index in [-0.39, 0.29) is 0 Å². The normalized spacial score (nSPS) is 11.7. The van der Waals surface area contributed by atoms with E-state index in [1.807, 2.05) is 48.0 Å². The lowest BCUT2D eigenvalue weighted by Gasteiger charge is -2.03. The van der Waals surface area contributed by atoms with Crippen molar-refractivity contribution in [3.8, 4) is 0 Å². The van der Waals surface area contributed by atoms with E-state index in [4.69, 9.17) is 17.3 Å². The lowest BCUT2D eigenvalue weighted by molar-refractivity contribution is 1.32. The first-order valence-corrected chi connectivity index (χ1v) is 9.91. The molecule has 0 fully saturated rings. The highest BCUT2D eigenvalue weighted by atomic mass is 35.5. The second-order valence-electron chi connectivity index (χ2n) is 4.44. The maximum atomic E-state index is 6.13. The number of nitrogens with zero attached hydrogens (tertiary/aromatic N) is 2. The molecule has 0 saturated heterocycles. The molecule has 0 spiro atoms. The van der Waals surface area contributed by atoms with Crippen molar-refractivity contribution in [2.75, 3.05) is 11.6 Å². The molecular formula is C15H13ClN4S3. The van der Waals surface area contributed by atoms with E-state index in [9.17, 15) is 0 Å². The Morgan fingerprint density at radius 1 is 1.30 bits per heavy atom. The summed E-state index contributed by atoms with van der Waals surface area (Å²) in [6.45, 7) is 0. The minimum absolute atomic E-state index is 0.477. The number of anilines is 2. The van der Waals surface area contributed by atoms with Gasteiger partial charge in [-0.15, -0.1) is 34.4 Å². The third-order valence-electron chi connectivity index (χ3n) is 2.88. The van der Waals surface area contributed by atoms with Crippen LogP contribution in [0.25, 0.3) is 0 Å². The fraction of sp³-hybridized carbons (Fsp3) is 0.0667. The molecule has 0 unspecified atom stereocenters. The van der Waals surface area contributed by atoms with Crippen molar-refractivity contribution in [2.24, 2.45) is 10.7 Å². The molecule has 3 N–H and O–H groups in total. The summed E-state index contributed by atoms with van der Waals surface area (Å²) in [6.07, 6.45) is 2.04. The van der Waals surface area contributed by atoms with Gasteiger partial charge in [0.15, 0.2) is 10.9 Å². The van der Waals surface area contributed by atoms with Gasteiger partial charge in [0, 0.05) is 5.38 Å². The van der Waals surface area contributed by atoms with Gasteiger partial charge in [0.05, 0.1) is 19.8 Å². The first-order chi connectivity index (χ1) is 11.2. The minimum Gasteiger partial charge on any atom is -0.382 e. The first kappa shape index (κ1) is 16.3. The van der Waals surface area contributed by atoms with Gasteiger partial charge in [-0.25, -0.2) is 9.98 Å². The van der Waals surface area contributed by atoms with E-state index in [2.05, 4.69) is 15.3 Å². The van der Waals surface area contributed by atoms with Crippen molar-refractivity contribution in [1.82, 2.24) is 4.98 Å². The summed E-state index contributed by atoms with van der Waals surface area (Å²) in [6, 6.07) is 11.5. The van der Waals surface area contributed by atoms with Crippen LogP contribution < -0.4 is 11.1 Å². The Balaban J connectivity index is 1.76. The van der Waals surface area contributed by atoms with Crippen molar-refractivity contribution < 1.29 is 0 Å². The van der Waals surface area contributed by atoms with E-state index in [0.29, 0.717) is 16.7 Å². The summed E-state index contributed by atoms with van der Waals surface area (Å²) in [5.41, 5.74) is 6.87. The molecule has 2 heterocycles. The molecule has 0 amide bonds. The molecular weight excluding hydrogens is 368 g/mol. The highest BCUT2D eigenvalue weighted by Crippen LogP contribution is 2.30. The predicted molar refractivity (Wildman–Crippen MR) is 103 cm³/mol. The van der Waals surface area contributed by atoms with Crippen molar-refractivity contribution in [3.63, 3.8) is 0 Å². The van der Waals surface area contributed by atoms with Gasteiger partial charge in [0.25, 0.3) is 0 Å². The fourth-order valence-electron chi connectivity index (χ4n) is 1.80. The number of nitrogens with two attached hydrogens (primary N) is 1. The molecule has 0 atom stereocenters. The zero-order valence-electron chi connectivity index (χ0n) is 12.1. The first-order valence-electron chi connectivity index (χ1n) is 6.61. The zero-order chi connectivity index (χ0) is 16.2. The highest BCUT2D eigenvalue weighted by molar-refractivity contribution is 8.00. The summed E-state index contributed by atoms with van der Waals surface area (Å²) in [4.78, 5) is 9.75. The number of aliphatic imine (C=N–C) groups is 1. The van der Waals surface area contributed by atoms with Gasteiger partial charge in [-0.3, -0.25) is 0 Å². The Kier molecular flexibility index (Phi) is 5.22. The molecule has 118 valence electrons. The number of aromatic nitrogens is 1. The van der Waals surface area contributed by atoms with Crippen LogP contribution in [0.2, 0.25) is 5.02 Å². The van der Waals surface area contributed by atoms with Crippen LogP contribution in [0, 0.1) is 0 Å². The van der Waals surface area contributed by atoms with E-state index in [1.165, 1.54) is 15.5 Å². The van der Waals surface area contributed by atoms with E-state index >= 15 is 0 Å². The van der Waals surface area contributed by atoms with Crippen LogP contribution in [0.1, 0.15) is 4.88 Å². The number of rotatable bonds is 5. The third-order valence-corrected chi connectivity index (χ3v) is 6.14. The van der Waals surface area contributed by atoms with Crippen LogP contribution in [-0.4, -0.2) is 17.1 Å². The second kappa shape index (κ2) is 7.35. The topological polar surface area (TPSA) is 63.3 Å². The van der Waals surface area contributed by atoms with Gasteiger partial charge in [-0.2, -0.15) is 0 Å². The Hall–Kier alpha value is -1.54. The summed E-state index contributed by atoms with van der Waals surface area (Å²) in [5.74, 6) is 1.06. The number of halogens is 1. The molecule has 4 nitrogen and oxygen atoms in total. The van der Waals surface area contributed by atoms with E-state index in [0.717, 1.165) is 15.7 Å². The minimum atomic E-state index is 0.477. The van der Waals surface area contributed by atoms with Gasteiger partial charge in [0.1, 0.15) is 5.84 Å². The van der Waals surface area contributed by atoms with Gasteiger partial charge < -0.3 is 11.1 Å². The lowest BCUT2D eigenvalue weighted by Crippen LogP contribution is -2.10. The SMILES string of the molecule is CSc1ccc(C(N)=Nc2csc(Nc3ccccc3Cl)n2)s1. The molecule has 2 aromatic heterocycles. The van der Waals surface area contributed by atoms with Crippen LogP contribution >= 0.6 is 46.0 Å². The Labute approximate surface area is 151 Å². The average Bonchev–Trinajstić information content (AvgIpc) is 3.19. The summed E-state index contributed by atoms with van der Waals surface area (Å²) < 4.78 is 1.21. The molecule has 0 saturated carbocycles. The molecule has 0 aliphatic carbocycles. The number of thiophene rings is 1. The highest BCUT2D eigenvalue weighted by Gasteiger charge is 2.07. The molecule has 0 radical (unpaired) electrons. The summed E-state index contributed by atoms with van der Waals surface area (Å²) in [5, 5.41) is 6.41. The van der Waals surface area contributed by atoms with Crippen LogP contribution in [0.5, 0.6) is 0 Å². The van der Waals surface area contributed by atoms with Crippen LogP contribution in [0.3, 0.4) is 0 Å².